The van der Waals surface area contributed by atoms with Crippen LogP contribution in [0.4, 0.5) is 5.69 Å². The van der Waals surface area contributed by atoms with Crippen LogP contribution in [0.15, 0.2) is 48.5 Å². The summed E-state index contributed by atoms with van der Waals surface area (Å²) < 4.78 is 10.6. The molecule has 0 aliphatic rings. The van der Waals surface area contributed by atoms with E-state index in [1.807, 2.05) is 6.07 Å². The second-order valence-corrected chi connectivity index (χ2v) is 5.98. The molecule has 0 aliphatic carbocycles. The second kappa shape index (κ2) is 11.0. The van der Waals surface area contributed by atoms with Crippen LogP contribution in [0.25, 0.3) is 0 Å². The van der Waals surface area contributed by atoms with Crippen LogP contribution in [0.3, 0.4) is 0 Å². The first-order valence-electron chi connectivity index (χ1n) is 9.06. The number of unbranched alkanes of at least 4 members (excludes halogenated alkanes) is 1. The van der Waals surface area contributed by atoms with Crippen molar-refractivity contribution in [3.8, 4) is 5.75 Å². The van der Waals surface area contributed by atoms with Crippen LogP contribution in [-0.4, -0.2) is 38.7 Å². The van der Waals surface area contributed by atoms with Gasteiger partial charge in [0.25, 0.3) is 11.8 Å². The summed E-state index contributed by atoms with van der Waals surface area (Å²) in [5.41, 5.74) is 1.32. The molecule has 2 amide bonds. The van der Waals surface area contributed by atoms with Gasteiger partial charge in [0.2, 0.25) is 0 Å². The minimum Gasteiger partial charge on any atom is -0.494 e. The van der Waals surface area contributed by atoms with Crippen LogP contribution in [-0.2, 0) is 4.74 Å². The molecule has 0 bridgehead atoms. The first-order chi connectivity index (χ1) is 13.2. The molecule has 0 saturated carbocycles. The van der Waals surface area contributed by atoms with Crippen molar-refractivity contribution in [2.24, 2.45) is 0 Å². The van der Waals surface area contributed by atoms with Crippen LogP contribution in [0, 0.1) is 0 Å². The predicted molar refractivity (Wildman–Crippen MR) is 105 cm³/mol. The molecule has 0 aromatic heterocycles. The number of amides is 2. The molecule has 6 heteroatoms. The van der Waals surface area contributed by atoms with Crippen molar-refractivity contribution in [3.05, 3.63) is 59.7 Å². The maximum Gasteiger partial charge on any atom is 0.255 e. The van der Waals surface area contributed by atoms with Crippen molar-refractivity contribution in [2.75, 3.05) is 32.2 Å². The third-order valence-electron chi connectivity index (χ3n) is 3.87. The number of para-hydroxylation sites is 1. The Balaban J connectivity index is 2.07. The van der Waals surface area contributed by atoms with Gasteiger partial charge in [-0.15, -0.1) is 0 Å². The molecule has 0 saturated heterocycles. The van der Waals surface area contributed by atoms with Gasteiger partial charge in [0.1, 0.15) is 5.75 Å². The van der Waals surface area contributed by atoms with Gasteiger partial charge >= 0.3 is 0 Å². The summed E-state index contributed by atoms with van der Waals surface area (Å²) in [6.45, 7) is 3.53. The van der Waals surface area contributed by atoms with Gasteiger partial charge in [-0.2, -0.15) is 0 Å². The highest BCUT2D eigenvalue weighted by Crippen LogP contribution is 2.18. The van der Waals surface area contributed by atoms with E-state index in [-0.39, 0.29) is 11.8 Å². The van der Waals surface area contributed by atoms with Gasteiger partial charge in [0.05, 0.1) is 24.5 Å². The molecule has 2 rings (SSSR count). The third-order valence-corrected chi connectivity index (χ3v) is 3.87. The maximum atomic E-state index is 12.6. The van der Waals surface area contributed by atoms with Gasteiger partial charge in [-0.1, -0.05) is 31.5 Å². The highest BCUT2D eigenvalue weighted by atomic mass is 16.5. The van der Waals surface area contributed by atoms with E-state index in [0.29, 0.717) is 42.3 Å². The smallest absolute Gasteiger partial charge is 0.255 e. The second-order valence-electron chi connectivity index (χ2n) is 5.98. The molecule has 0 unspecified atom stereocenters. The lowest BCUT2D eigenvalue weighted by molar-refractivity contribution is 0.0938. The zero-order valence-electron chi connectivity index (χ0n) is 15.8. The summed E-state index contributed by atoms with van der Waals surface area (Å²) in [5.74, 6) is 0.0920. The molecule has 0 radical (unpaired) electrons. The van der Waals surface area contributed by atoms with Crippen LogP contribution in [0.1, 0.15) is 40.5 Å². The van der Waals surface area contributed by atoms with Gasteiger partial charge < -0.3 is 20.1 Å². The first kappa shape index (κ1) is 20.5. The Morgan fingerprint density at radius 1 is 1.00 bits per heavy atom. The molecule has 6 nitrogen and oxygen atoms in total. The van der Waals surface area contributed by atoms with Gasteiger partial charge in [0.15, 0.2) is 0 Å². The number of hydrogen-bond donors (Lipinski definition) is 2. The number of hydrogen-bond acceptors (Lipinski definition) is 4. The van der Waals surface area contributed by atoms with E-state index < -0.39 is 0 Å². The molecular weight excluding hydrogens is 344 g/mol. The van der Waals surface area contributed by atoms with E-state index in [0.717, 1.165) is 12.8 Å². The fourth-order valence-corrected chi connectivity index (χ4v) is 2.41. The van der Waals surface area contributed by atoms with Gasteiger partial charge in [-0.25, -0.2) is 0 Å². The minimum absolute atomic E-state index is 0.264. The minimum atomic E-state index is -0.298. The third kappa shape index (κ3) is 6.42. The fourth-order valence-electron chi connectivity index (χ4n) is 2.41. The number of rotatable bonds is 10. The number of carbonyl (C=O) groups excluding carboxylic acids is 2. The monoisotopic (exact) mass is 370 g/mol. The first-order valence-corrected chi connectivity index (χ1v) is 9.06. The largest absolute Gasteiger partial charge is 0.494 e. The molecule has 27 heavy (non-hydrogen) atoms. The van der Waals surface area contributed by atoms with Crippen molar-refractivity contribution in [3.63, 3.8) is 0 Å². The molecule has 0 aliphatic heterocycles. The van der Waals surface area contributed by atoms with Crippen LogP contribution >= 0.6 is 0 Å². The number of anilines is 1. The van der Waals surface area contributed by atoms with Crippen molar-refractivity contribution in [1.29, 1.82) is 0 Å². The normalized spacial score (nSPS) is 10.3. The molecule has 2 aromatic carbocycles. The Labute approximate surface area is 159 Å². The summed E-state index contributed by atoms with van der Waals surface area (Å²) >= 11 is 0. The van der Waals surface area contributed by atoms with Crippen molar-refractivity contribution in [2.45, 2.75) is 19.8 Å². The fraction of sp³-hybridized carbons (Fsp3) is 0.333. The lowest BCUT2D eigenvalue weighted by Gasteiger charge is -2.12. The molecule has 0 heterocycles. The Morgan fingerprint density at radius 3 is 2.59 bits per heavy atom. The molecule has 144 valence electrons. The van der Waals surface area contributed by atoms with Crippen molar-refractivity contribution < 1.29 is 19.1 Å². The van der Waals surface area contributed by atoms with Gasteiger partial charge in [0, 0.05) is 19.2 Å². The van der Waals surface area contributed by atoms with Crippen LogP contribution in [0.5, 0.6) is 5.75 Å². The van der Waals surface area contributed by atoms with E-state index in [2.05, 4.69) is 17.6 Å². The molecule has 0 spiro atoms. The standard InChI is InChI=1S/C21H26N2O4/c1-3-4-13-27-17-9-7-8-16(15-17)20(24)23-19-11-6-5-10-18(19)21(25)22-12-14-26-2/h5-11,15H,3-4,12-14H2,1-2H3,(H,22,25)(H,23,24). The molecule has 0 fully saturated rings. The Hall–Kier alpha value is -2.86. The van der Waals surface area contributed by atoms with E-state index >= 15 is 0 Å². The van der Waals surface area contributed by atoms with E-state index in [9.17, 15) is 9.59 Å². The molecule has 2 N–H and O–H groups in total. The Kier molecular flexibility index (Phi) is 8.32. The highest BCUT2D eigenvalue weighted by molar-refractivity contribution is 6.09. The maximum absolute atomic E-state index is 12.6. The number of methoxy groups -OCH3 is 1. The predicted octanol–water partition coefficient (Wildman–Crippen LogP) is 3.49. The number of ether oxygens (including phenoxy) is 2. The summed E-state index contributed by atoms with van der Waals surface area (Å²) in [6.07, 6.45) is 2.01. The topological polar surface area (TPSA) is 76.7 Å². The van der Waals surface area contributed by atoms with Crippen LogP contribution < -0.4 is 15.4 Å². The van der Waals surface area contributed by atoms with Crippen molar-refractivity contribution in [1.82, 2.24) is 5.32 Å². The van der Waals surface area contributed by atoms with Crippen LogP contribution in [0.2, 0.25) is 0 Å². The average molecular weight is 370 g/mol. The zero-order valence-corrected chi connectivity index (χ0v) is 15.8. The van der Waals surface area contributed by atoms with Gasteiger partial charge in [-0.05, 0) is 36.8 Å². The molecule has 0 atom stereocenters. The number of nitrogens with one attached hydrogen (secondary N) is 2. The lowest BCUT2D eigenvalue weighted by atomic mass is 10.1. The SMILES string of the molecule is CCCCOc1cccc(C(=O)Nc2ccccc2C(=O)NCCOC)c1. The Morgan fingerprint density at radius 2 is 1.81 bits per heavy atom. The number of carbonyl (C=O) groups is 2. The van der Waals surface area contributed by atoms with E-state index in [4.69, 9.17) is 9.47 Å². The Bertz CT molecular complexity index is 761. The lowest BCUT2D eigenvalue weighted by Crippen LogP contribution is -2.28. The molecular formula is C21H26N2O4. The van der Waals surface area contributed by atoms with E-state index in [1.54, 1.807) is 49.6 Å². The zero-order chi connectivity index (χ0) is 19.5. The highest BCUT2D eigenvalue weighted by Gasteiger charge is 2.14. The quantitative estimate of drug-likeness (QED) is 0.628. The number of benzene rings is 2. The van der Waals surface area contributed by atoms with Gasteiger partial charge in [-0.3, -0.25) is 9.59 Å². The summed E-state index contributed by atoms with van der Waals surface area (Å²) in [6, 6.07) is 13.9. The van der Waals surface area contributed by atoms with Crippen molar-refractivity contribution >= 4 is 17.5 Å². The summed E-state index contributed by atoms with van der Waals surface area (Å²) in [7, 11) is 1.57. The average Bonchev–Trinajstić information content (AvgIpc) is 2.69. The summed E-state index contributed by atoms with van der Waals surface area (Å²) in [4.78, 5) is 24.9. The molecule has 2 aromatic rings. The summed E-state index contributed by atoms with van der Waals surface area (Å²) in [5, 5.41) is 5.56. The van der Waals surface area contributed by atoms with E-state index in [1.165, 1.54) is 0 Å².